The lowest BCUT2D eigenvalue weighted by atomic mass is 9.33. The van der Waals surface area contributed by atoms with Crippen molar-refractivity contribution in [2.24, 2.45) is 0 Å². The summed E-state index contributed by atoms with van der Waals surface area (Å²) >= 11 is 0. The first-order chi connectivity index (χ1) is 39.5. The third kappa shape index (κ3) is 7.96. The molecule has 10 heteroatoms. The highest BCUT2D eigenvalue weighted by atomic mass is 15.2. The summed E-state index contributed by atoms with van der Waals surface area (Å²) in [5, 5.41) is 33.5. The van der Waals surface area contributed by atoms with Crippen LogP contribution >= 0.6 is 0 Å². The molecule has 0 saturated heterocycles. The monoisotopic (exact) mass is 1020 g/mol. The smallest absolute Gasteiger partial charge is 0.252 e. The molecular formula is C70H46BN9. The second-order valence-corrected chi connectivity index (χ2v) is 20.4. The number of para-hydroxylation sites is 2. The summed E-state index contributed by atoms with van der Waals surface area (Å²) in [6.45, 7) is 2.02. The Labute approximate surface area is 463 Å². The molecule has 2 aliphatic rings. The lowest BCUT2D eigenvalue weighted by molar-refractivity contribution is 0.796. The molecule has 0 spiro atoms. The number of benzene rings is 10. The van der Waals surface area contributed by atoms with E-state index in [0.717, 1.165) is 120 Å². The van der Waals surface area contributed by atoms with Crippen molar-refractivity contribution in [3.63, 3.8) is 0 Å². The molecule has 0 unspecified atom stereocenters. The molecule has 14 rings (SSSR count). The van der Waals surface area contributed by atoms with Crippen molar-refractivity contribution >= 4 is 79.0 Å². The highest BCUT2D eigenvalue weighted by molar-refractivity contribution is 7.00. The topological polar surface area (TPSA) is 121 Å². The van der Waals surface area contributed by atoms with Gasteiger partial charge in [-0.1, -0.05) is 135 Å². The van der Waals surface area contributed by atoms with E-state index in [-0.39, 0.29) is 6.71 Å². The van der Waals surface area contributed by atoms with Gasteiger partial charge in [-0.3, -0.25) is 0 Å². The summed E-state index contributed by atoms with van der Waals surface area (Å²) in [6.07, 6.45) is 3.08. The predicted molar refractivity (Wildman–Crippen MR) is 323 cm³/mol. The highest BCUT2D eigenvalue weighted by Crippen LogP contribution is 2.47. The molecular weight excluding hydrogens is 978 g/mol. The van der Waals surface area contributed by atoms with E-state index in [1.54, 1.807) is 0 Å². The number of rotatable bonds is 10. The molecule has 0 fully saturated rings. The fourth-order valence-corrected chi connectivity index (χ4v) is 12.0. The normalized spacial score (nSPS) is 12.1. The summed E-state index contributed by atoms with van der Waals surface area (Å²) < 4.78 is 2.30. The molecule has 0 radical (unpaired) electrons. The first kappa shape index (κ1) is 47.6. The second kappa shape index (κ2) is 19.6. The van der Waals surface area contributed by atoms with Crippen LogP contribution in [-0.2, 0) is 6.42 Å². The van der Waals surface area contributed by atoms with Gasteiger partial charge in [0.05, 0.1) is 51.6 Å². The van der Waals surface area contributed by atoms with Crippen LogP contribution in [0.15, 0.2) is 224 Å². The molecule has 9 nitrogen and oxygen atoms in total. The van der Waals surface area contributed by atoms with Crippen LogP contribution in [0.4, 0.5) is 34.1 Å². The van der Waals surface area contributed by atoms with Gasteiger partial charge in [-0.05, 0) is 149 Å². The van der Waals surface area contributed by atoms with E-state index in [0.29, 0.717) is 39.7 Å². The molecule has 10 aromatic carbocycles. The summed E-state index contributed by atoms with van der Waals surface area (Å²) in [5.41, 5.74) is 19.2. The zero-order chi connectivity index (χ0) is 53.8. The average molecular weight is 1020 g/mol. The van der Waals surface area contributed by atoms with Crippen LogP contribution < -0.4 is 26.2 Å². The van der Waals surface area contributed by atoms with Crippen LogP contribution in [-0.4, -0.2) is 26.2 Å². The summed E-state index contributed by atoms with van der Waals surface area (Å²) in [4.78, 5) is 20.0. The van der Waals surface area contributed by atoms with E-state index in [9.17, 15) is 15.8 Å². The van der Waals surface area contributed by atoms with Gasteiger partial charge < -0.3 is 14.4 Å². The summed E-state index contributed by atoms with van der Waals surface area (Å²) in [6, 6.07) is 84.1. The molecule has 0 bridgehead atoms. The third-order valence-electron chi connectivity index (χ3n) is 15.6. The number of nitriles is 3. The molecule has 4 heterocycles. The van der Waals surface area contributed by atoms with Crippen LogP contribution in [0.25, 0.3) is 72.8 Å². The number of anilines is 6. The Morgan fingerprint density at radius 3 is 1.44 bits per heavy atom. The molecule has 0 aliphatic carbocycles. The standard InChI is InChI=1S/C70H46BN9/c1-2-3-16-45-27-32-60-55(35-45)56-39-51(29-34-61(56)80(60)62-33-28-46(42-72)36-57(62)70-76-68(49-17-8-4-9-18-49)75-69(77-70)50-19-10-5-11-20-50)52-40-65-67-66(41-52)79(54-23-14-7-15-24-54)64-38-48(44-74)26-31-59(64)71(67)58-30-25-47(43-73)37-63(58)78(65)53-21-12-6-13-22-53/h4-15,17-41H,2-3,16H2,1H3. The molecule has 0 saturated carbocycles. The molecule has 0 amide bonds. The van der Waals surface area contributed by atoms with Crippen LogP contribution in [0.5, 0.6) is 0 Å². The van der Waals surface area contributed by atoms with E-state index < -0.39 is 0 Å². The Morgan fingerprint density at radius 2 is 0.900 bits per heavy atom. The molecule has 2 aromatic heterocycles. The molecule has 12 aromatic rings. The molecule has 0 atom stereocenters. The van der Waals surface area contributed by atoms with Crippen molar-refractivity contribution in [3.05, 3.63) is 247 Å². The summed E-state index contributed by atoms with van der Waals surface area (Å²) in [5.74, 6) is 1.52. The van der Waals surface area contributed by atoms with E-state index in [2.05, 4.69) is 149 Å². The molecule has 2 aliphatic heterocycles. The van der Waals surface area contributed by atoms with Crippen molar-refractivity contribution in [3.8, 4) is 69.2 Å². The quantitative estimate of drug-likeness (QED) is 0.124. The van der Waals surface area contributed by atoms with E-state index in [4.69, 9.17) is 15.0 Å². The van der Waals surface area contributed by atoms with Crippen LogP contribution in [0.2, 0.25) is 0 Å². The number of hydrogen-bond acceptors (Lipinski definition) is 8. The van der Waals surface area contributed by atoms with E-state index in [1.807, 2.05) is 115 Å². The van der Waals surface area contributed by atoms with Gasteiger partial charge in [0, 0.05) is 61.6 Å². The fraction of sp³-hybridized carbons (Fsp3) is 0.0571. The SMILES string of the molecule is CCCCc1ccc2c(c1)c1cc(-c3cc4c5c(c3)N(c3ccccc3)c3cc(C#N)ccc3B5c3ccc(C#N)cc3N4c3ccccc3)ccc1n2-c1ccc(C#N)cc1-c1nc(-c2ccccc2)nc(-c2ccccc2)n1. The van der Waals surface area contributed by atoms with E-state index >= 15 is 0 Å². The first-order valence-corrected chi connectivity index (χ1v) is 26.9. The Hall–Kier alpha value is -10.9. The van der Waals surface area contributed by atoms with Crippen molar-refractivity contribution < 1.29 is 0 Å². The largest absolute Gasteiger partial charge is 0.311 e. The maximum atomic E-state index is 10.5. The van der Waals surface area contributed by atoms with Gasteiger partial charge in [-0.25, -0.2) is 15.0 Å². The number of aryl methyl sites for hydroxylation is 1. The number of fused-ring (bicyclic) bond motifs is 7. The molecule has 374 valence electrons. The van der Waals surface area contributed by atoms with Gasteiger partial charge in [-0.15, -0.1) is 0 Å². The zero-order valence-corrected chi connectivity index (χ0v) is 43.6. The highest BCUT2D eigenvalue weighted by Gasteiger charge is 2.44. The van der Waals surface area contributed by atoms with Gasteiger partial charge in [-0.2, -0.15) is 15.8 Å². The van der Waals surface area contributed by atoms with Gasteiger partial charge in [0.25, 0.3) is 6.71 Å². The maximum Gasteiger partial charge on any atom is 0.252 e. The molecule has 80 heavy (non-hydrogen) atoms. The Bertz CT molecular complexity index is 4390. The van der Waals surface area contributed by atoms with Crippen LogP contribution in [0.3, 0.4) is 0 Å². The fourth-order valence-electron chi connectivity index (χ4n) is 12.0. The van der Waals surface area contributed by atoms with Gasteiger partial charge in [0.1, 0.15) is 0 Å². The van der Waals surface area contributed by atoms with Crippen LogP contribution in [0, 0.1) is 34.0 Å². The van der Waals surface area contributed by atoms with Gasteiger partial charge in [0.15, 0.2) is 17.5 Å². The van der Waals surface area contributed by atoms with Crippen molar-refractivity contribution in [1.29, 1.82) is 15.8 Å². The Morgan fingerprint density at radius 1 is 0.412 bits per heavy atom. The van der Waals surface area contributed by atoms with Gasteiger partial charge in [0.2, 0.25) is 0 Å². The van der Waals surface area contributed by atoms with E-state index in [1.165, 1.54) is 5.56 Å². The predicted octanol–water partition coefficient (Wildman–Crippen LogP) is 14.7. The summed E-state index contributed by atoms with van der Waals surface area (Å²) in [7, 11) is 0. The lowest BCUT2D eigenvalue weighted by Gasteiger charge is -2.44. The van der Waals surface area contributed by atoms with Crippen molar-refractivity contribution in [2.75, 3.05) is 9.80 Å². The van der Waals surface area contributed by atoms with Crippen LogP contribution in [0.1, 0.15) is 42.0 Å². The Balaban J connectivity index is 1.03. The first-order valence-electron chi connectivity index (χ1n) is 26.9. The number of unbranched alkanes of at least 4 members (excludes halogenated alkanes) is 1. The van der Waals surface area contributed by atoms with Crippen molar-refractivity contribution in [2.45, 2.75) is 26.2 Å². The average Bonchev–Trinajstić information content (AvgIpc) is 2.90. The number of aromatic nitrogens is 4. The third-order valence-corrected chi connectivity index (χ3v) is 15.6. The lowest BCUT2D eigenvalue weighted by Crippen LogP contribution is -2.61. The zero-order valence-electron chi connectivity index (χ0n) is 43.6. The maximum absolute atomic E-state index is 10.5. The molecule has 0 N–H and O–H groups in total. The minimum atomic E-state index is -0.208. The minimum Gasteiger partial charge on any atom is -0.311 e. The minimum absolute atomic E-state index is 0.208. The number of nitrogens with zero attached hydrogens (tertiary/aromatic N) is 9. The Kier molecular flexibility index (Phi) is 11.7. The second-order valence-electron chi connectivity index (χ2n) is 20.4. The van der Waals surface area contributed by atoms with Gasteiger partial charge >= 0.3 is 0 Å². The number of hydrogen-bond donors (Lipinski definition) is 0. The van der Waals surface area contributed by atoms with Crippen molar-refractivity contribution in [1.82, 2.24) is 19.5 Å².